The average Bonchev–Trinajstić information content (AvgIpc) is 2.01. The third kappa shape index (κ3) is 7.98. The molecule has 5 nitrogen and oxygen atoms in total. The highest BCUT2D eigenvalue weighted by molar-refractivity contribution is 7.51. The largest absolute Gasteiger partial charge is 0.478 e. The van der Waals surface area contributed by atoms with Gasteiger partial charge in [0.15, 0.2) is 0 Å². The van der Waals surface area contributed by atoms with Crippen molar-refractivity contribution in [1.29, 1.82) is 0 Å². The third-order valence-corrected chi connectivity index (χ3v) is 2.59. The van der Waals surface area contributed by atoms with Gasteiger partial charge < -0.3 is 14.9 Å². The minimum atomic E-state index is -3.89. The maximum absolute atomic E-state index is 10.4. The molecule has 0 saturated heterocycles. The van der Waals surface area contributed by atoms with Gasteiger partial charge in [0.05, 0.1) is 0 Å². The fourth-order valence-electron chi connectivity index (χ4n) is 0.868. The molecule has 0 spiro atoms. The minimum absolute atomic E-state index is 0.132. The monoisotopic (exact) mass is 222 g/mol. The van der Waals surface area contributed by atoms with E-state index in [0.29, 0.717) is 19.3 Å². The molecule has 0 rings (SSSR count). The van der Waals surface area contributed by atoms with Crippen molar-refractivity contribution in [3.8, 4) is 0 Å². The van der Waals surface area contributed by atoms with Crippen molar-refractivity contribution >= 4 is 13.6 Å². The molecule has 0 fully saturated rings. The van der Waals surface area contributed by atoms with E-state index < -0.39 is 13.6 Å². The molecule has 14 heavy (non-hydrogen) atoms. The number of aliphatic carboxylic acids is 1. The summed E-state index contributed by atoms with van der Waals surface area (Å²) in [5.41, 5.74) is 0.265. The Morgan fingerprint density at radius 1 is 1.36 bits per heavy atom. The van der Waals surface area contributed by atoms with Gasteiger partial charge in [0, 0.05) is 11.7 Å². The lowest BCUT2D eigenvalue weighted by Gasteiger charge is -2.01. The predicted molar refractivity (Wildman–Crippen MR) is 52.2 cm³/mol. The molecule has 0 radical (unpaired) electrons. The summed E-state index contributed by atoms with van der Waals surface area (Å²) >= 11 is 0. The molecule has 0 aliphatic rings. The topological polar surface area (TPSA) is 94.8 Å². The summed E-state index contributed by atoms with van der Waals surface area (Å²) in [5, 5.41) is 8.47. The second kappa shape index (κ2) is 5.96. The van der Waals surface area contributed by atoms with E-state index in [9.17, 15) is 9.36 Å². The van der Waals surface area contributed by atoms with Crippen molar-refractivity contribution in [2.24, 2.45) is 0 Å². The summed E-state index contributed by atoms with van der Waals surface area (Å²) in [6.45, 7) is 1.49. The molecule has 0 aromatic heterocycles. The molecule has 0 amide bonds. The van der Waals surface area contributed by atoms with Gasteiger partial charge in [-0.25, -0.2) is 4.79 Å². The van der Waals surface area contributed by atoms with Crippen LogP contribution in [-0.2, 0) is 9.36 Å². The van der Waals surface area contributed by atoms with E-state index in [-0.39, 0.29) is 11.7 Å². The zero-order chi connectivity index (χ0) is 11.2. The summed E-state index contributed by atoms with van der Waals surface area (Å²) in [6, 6.07) is 0. The van der Waals surface area contributed by atoms with Crippen molar-refractivity contribution in [2.45, 2.75) is 26.2 Å². The van der Waals surface area contributed by atoms with E-state index in [4.69, 9.17) is 14.9 Å². The van der Waals surface area contributed by atoms with E-state index >= 15 is 0 Å². The van der Waals surface area contributed by atoms with Crippen LogP contribution in [0.3, 0.4) is 0 Å². The molecule has 0 heterocycles. The summed E-state index contributed by atoms with van der Waals surface area (Å²) in [5.74, 6) is -0.958. The number of carboxylic acids is 1. The first-order valence-electron chi connectivity index (χ1n) is 4.27. The van der Waals surface area contributed by atoms with Gasteiger partial charge in [-0.2, -0.15) is 0 Å². The summed E-state index contributed by atoms with van der Waals surface area (Å²) < 4.78 is 10.4. The molecule has 0 unspecified atom stereocenters. The van der Waals surface area contributed by atoms with Crippen LogP contribution in [-0.4, -0.2) is 27.0 Å². The van der Waals surface area contributed by atoms with Gasteiger partial charge in [0.2, 0.25) is 0 Å². The number of unbranched alkanes of at least 4 members (excludes halogenated alkanes) is 2. The normalized spacial score (nSPS) is 12.9. The Labute approximate surface area is 82.6 Å². The number of carboxylic acid groups (broad SMARTS) is 1. The summed E-state index contributed by atoms with van der Waals surface area (Å²) in [7, 11) is -3.89. The van der Waals surface area contributed by atoms with Crippen LogP contribution in [0.2, 0.25) is 0 Å². The fraction of sp³-hybridized carbons (Fsp3) is 0.625. The van der Waals surface area contributed by atoms with Gasteiger partial charge in [-0.1, -0.05) is 6.08 Å². The van der Waals surface area contributed by atoms with E-state index in [1.165, 1.54) is 6.92 Å². The van der Waals surface area contributed by atoms with Crippen molar-refractivity contribution in [3.63, 3.8) is 0 Å². The number of hydrogen-bond donors (Lipinski definition) is 3. The van der Waals surface area contributed by atoms with Gasteiger partial charge in [0.25, 0.3) is 0 Å². The van der Waals surface area contributed by atoms with Crippen molar-refractivity contribution in [1.82, 2.24) is 0 Å². The van der Waals surface area contributed by atoms with Crippen LogP contribution >= 0.6 is 7.60 Å². The van der Waals surface area contributed by atoms with Crippen LogP contribution in [0.4, 0.5) is 0 Å². The number of rotatable bonds is 6. The predicted octanol–water partition coefficient (Wildman–Crippen LogP) is 1.37. The van der Waals surface area contributed by atoms with Gasteiger partial charge in [-0.15, -0.1) is 0 Å². The second-order valence-electron chi connectivity index (χ2n) is 3.08. The maximum Gasteiger partial charge on any atom is 0.330 e. The lowest BCUT2D eigenvalue weighted by atomic mass is 10.2. The Kier molecular flexibility index (Phi) is 5.69. The molecule has 0 atom stereocenters. The highest BCUT2D eigenvalue weighted by atomic mass is 31.2. The molecule has 0 aromatic rings. The standard InChI is InChI=1S/C8H15O5P/c1-7(8(9)10)5-3-2-4-6-14(11,12)13/h5H,2-4,6H2,1H3,(H,9,10)(H2,11,12,13). The maximum atomic E-state index is 10.4. The van der Waals surface area contributed by atoms with Crippen molar-refractivity contribution in [2.75, 3.05) is 6.16 Å². The van der Waals surface area contributed by atoms with Gasteiger partial charge in [0.1, 0.15) is 0 Å². The fourth-order valence-corrected chi connectivity index (χ4v) is 1.50. The molecule has 0 aromatic carbocycles. The third-order valence-electron chi connectivity index (χ3n) is 1.69. The highest BCUT2D eigenvalue weighted by Crippen LogP contribution is 2.35. The first kappa shape index (κ1) is 13.4. The van der Waals surface area contributed by atoms with Gasteiger partial charge >= 0.3 is 13.6 Å². The SMILES string of the molecule is CC(=CCCCCP(=O)(O)O)C(=O)O. The van der Waals surface area contributed by atoms with Crippen molar-refractivity contribution < 1.29 is 24.3 Å². The number of hydrogen-bond acceptors (Lipinski definition) is 2. The zero-order valence-corrected chi connectivity index (χ0v) is 8.91. The Bertz CT molecular complexity index is 265. The van der Waals surface area contributed by atoms with Crippen LogP contribution in [0, 0.1) is 0 Å². The molecule has 0 saturated carbocycles. The van der Waals surface area contributed by atoms with E-state index in [0.717, 1.165) is 0 Å². The second-order valence-corrected chi connectivity index (χ2v) is 4.85. The lowest BCUT2D eigenvalue weighted by molar-refractivity contribution is -0.132. The van der Waals surface area contributed by atoms with Crippen LogP contribution < -0.4 is 0 Å². The molecule has 0 bridgehead atoms. The molecule has 0 aliphatic heterocycles. The smallest absolute Gasteiger partial charge is 0.330 e. The molecule has 82 valence electrons. The molecule has 6 heteroatoms. The Balaban J connectivity index is 3.62. The average molecular weight is 222 g/mol. The van der Waals surface area contributed by atoms with E-state index in [2.05, 4.69) is 0 Å². The quantitative estimate of drug-likeness (QED) is 0.358. The lowest BCUT2D eigenvalue weighted by Crippen LogP contribution is -1.95. The molecular weight excluding hydrogens is 207 g/mol. The number of carbonyl (C=O) groups is 1. The molecule has 3 N–H and O–H groups in total. The Morgan fingerprint density at radius 3 is 2.36 bits per heavy atom. The molecule has 0 aliphatic carbocycles. The first-order chi connectivity index (χ1) is 6.33. The Hall–Kier alpha value is -0.640. The first-order valence-corrected chi connectivity index (χ1v) is 6.07. The van der Waals surface area contributed by atoms with Crippen molar-refractivity contribution in [3.05, 3.63) is 11.6 Å². The molecular formula is C8H15O5P. The van der Waals surface area contributed by atoms with E-state index in [1.807, 2.05) is 0 Å². The summed E-state index contributed by atoms with van der Waals surface area (Å²) in [4.78, 5) is 27.4. The minimum Gasteiger partial charge on any atom is -0.478 e. The van der Waals surface area contributed by atoms with Gasteiger partial charge in [-0.05, 0) is 26.2 Å². The number of allylic oxidation sites excluding steroid dienone is 1. The summed E-state index contributed by atoms with van der Waals surface area (Å²) in [6.07, 6.45) is 2.97. The van der Waals surface area contributed by atoms with Gasteiger partial charge in [-0.3, -0.25) is 4.57 Å². The zero-order valence-electron chi connectivity index (χ0n) is 8.01. The van der Waals surface area contributed by atoms with Crippen LogP contribution in [0.5, 0.6) is 0 Å². The van der Waals surface area contributed by atoms with Crippen LogP contribution in [0.15, 0.2) is 11.6 Å². The van der Waals surface area contributed by atoms with E-state index in [1.54, 1.807) is 6.08 Å². The Morgan fingerprint density at radius 2 is 1.93 bits per heavy atom. The van der Waals surface area contributed by atoms with Crippen LogP contribution in [0.1, 0.15) is 26.2 Å². The van der Waals surface area contributed by atoms with Crippen LogP contribution in [0.25, 0.3) is 0 Å². The highest BCUT2D eigenvalue weighted by Gasteiger charge is 2.10.